The number of carbonyl (C=O) groups is 2. The quantitative estimate of drug-likeness (QED) is 0.0390. The summed E-state index contributed by atoms with van der Waals surface area (Å²) in [5.41, 5.74) is 6.40. The van der Waals surface area contributed by atoms with Crippen molar-refractivity contribution in [2.45, 2.75) is 140 Å². The fourth-order valence-electron chi connectivity index (χ4n) is 10.7. The van der Waals surface area contributed by atoms with Gasteiger partial charge in [-0.3, -0.25) is 9.59 Å². The van der Waals surface area contributed by atoms with Gasteiger partial charge in [0.05, 0.1) is 72.3 Å². The zero-order valence-electron chi connectivity index (χ0n) is 49.0. The van der Waals surface area contributed by atoms with E-state index >= 15 is 0 Å². The molecule has 16 nitrogen and oxygen atoms in total. The molecular weight excluding hydrogens is 1110 g/mol. The molecule has 0 aromatic heterocycles. The topological polar surface area (TPSA) is 163 Å². The van der Waals surface area contributed by atoms with E-state index in [1.165, 1.54) is 13.8 Å². The van der Waals surface area contributed by atoms with Crippen LogP contribution in [0.4, 0.5) is 0 Å². The molecule has 0 bridgehead atoms. The second-order valence-corrected chi connectivity index (χ2v) is 21.5. The van der Waals surface area contributed by atoms with Crippen LogP contribution in [0.5, 0.6) is 0 Å². The van der Waals surface area contributed by atoms with Crippen LogP contribution < -0.4 is 0 Å². The van der Waals surface area contributed by atoms with E-state index in [-0.39, 0.29) is 59.5 Å². The van der Waals surface area contributed by atoms with Crippen LogP contribution in [0.1, 0.15) is 52.8 Å². The number of carbonyl (C=O) groups excluding carboxylic acids is 2. The van der Waals surface area contributed by atoms with Gasteiger partial charge in [-0.15, -0.1) is 0 Å². The van der Waals surface area contributed by atoms with E-state index in [0.29, 0.717) is 6.61 Å². The lowest BCUT2D eigenvalue weighted by Crippen LogP contribution is -2.64. The minimum Gasteiger partial charge on any atom is -0.493 e. The molecule has 456 valence electrons. The van der Waals surface area contributed by atoms with Gasteiger partial charge in [0.1, 0.15) is 48.8 Å². The summed E-state index contributed by atoms with van der Waals surface area (Å²) in [6.07, 6.45) is -9.33. The Labute approximate surface area is 509 Å². The smallest absolute Gasteiger partial charge is 0.303 e. The van der Waals surface area contributed by atoms with Crippen molar-refractivity contribution >= 4 is 11.9 Å². The summed E-state index contributed by atoms with van der Waals surface area (Å²) < 4.78 is 93.7. The van der Waals surface area contributed by atoms with Crippen molar-refractivity contribution in [1.29, 1.82) is 0 Å². The van der Waals surface area contributed by atoms with Crippen LogP contribution >= 0.6 is 0 Å². The summed E-state index contributed by atoms with van der Waals surface area (Å²) >= 11 is 0. The molecule has 10 rings (SSSR count). The Bertz CT molecular complexity index is 3110. The maximum atomic E-state index is 13.4. The first-order chi connectivity index (χ1) is 42.8. The number of rotatable bonds is 30. The molecule has 3 heterocycles. The first-order valence-electron chi connectivity index (χ1n) is 29.5. The highest BCUT2D eigenvalue weighted by atomic mass is 16.8. The Balaban J connectivity index is 0.979. The molecule has 7 aromatic carbocycles. The molecule has 2 fully saturated rings. The molecule has 0 spiro atoms. The molecule has 0 radical (unpaired) electrons. The minimum absolute atomic E-state index is 0.0386. The third-order valence-electron chi connectivity index (χ3n) is 15.0. The second-order valence-electron chi connectivity index (χ2n) is 21.5. The lowest BCUT2D eigenvalue weighted by molar-refractivity contribution is -0.348. The van der Waals surface area contributed by atoms with Gasteiger partial charge in [-0.05, 0) is 45.0 Å². The molecule has 0 unspecified atom stereocenters. The van der Waals surface area contributed by atoms with E-state index in [0.717, 1.165) is 38.9 Å². The Hall–Kier alpha value is -7.42. The van der Waals surface area contributed by atoms with Crippen LogP contribution in [0.2, 0.25) is 0 Å². The molecule has 3 aliphatic heterocycles. The largest absolute Gasteiger partial charge is 0.493 e. The maximum absolute atomic E-state index is 13.4. The van der Waals surface area contributed by atoms with Crippen LogP contribution in [0.25, 0.3) is 0 Å². The molecule has 0 N–H and O–H groups in total. The molecule has 0 saturated carbocycles. The van der Waals surface area contributed by atoms with Crippen molar-refractivity contribution in [3.8, 4) is 0 Å². The first-order valence-corrected chi connectivity index (χ1v) is 29.5. The highest BCUT2D eigenvalue weighted by molar-refractivity contribution is 5.66. The lowest BCUT2D eigenvalue weighted by Gasteiger charge is -2.47. The number of hydrogen-bond donors (Lipinski definition) is 0. The molecule has 0 amide bonds. The lowest BCUT2D eigenvalue weighted by atomic mass is 9.96. The molecule has 87 heavy (non-hydrogen) atoms. The van der Waals surface area contributed by atoms with Crippen molar-refractivity contribution in [3.05, 3.63) is 264 Å². The Kier molecular flexibility index (Phi) is 23.8. The van der Waals surface area contributed by atoms with Crippen LogP contribution in [-0.2, 0) is 122 Å². The van der Waals surface area contributed by atoms with E-state index in [1.54, 1.807) is 6.26 Å². The normalized spacial score (nSPS) is 25.2. The number of hydrogen-bond acceptors (Lipinski definition) is 16. The number of ether oxygens (including phenoxy) is 14. The second kappa shape index (κ2) is 33.1. The van der Waals surface area contributed by atoms with Crippen molar-refractivity contribution in [3.63, 3.8) is 0 Å². The van der Waals surface area contributed by atoms with Gasteiger partial charge in [0, 0.05) is 13.8 Å². The van der Waals surface area contributed by atoms with Gasteiger partial charge in [0.25, 0.3) is 0 Å². The van der Waals surface area contributed by atoms with Gasteiger partial charge in [-0.1, -0.05) is 212 Å². The molecular formula is C71H76O16. The third-order valence-corrected chi connectivity index (χ3v) is 15.0. The average Bonchev–Trinajstić information content (AvgIpc) is 3.33. The van der Waals surface area contributed by atoms with E-state index in [2.05, 4.69) is 0 Å². The third kappa shape index (κ3) is 18.8. The van der Waals surface area contributed by atoms with Gasteiger partial charge in [-0.2, -0.15) is 0 Å². The fourth-order valence-corrected chi connectivity index (χ4v) is 10.7. The molecule has 16 heteroatoms. The summed E-state index contributed by atoms with van der Waals surface area (Å²) in [5.74, 6) is -1.21. The van der Waals surface area contributed by atoms with E-state index in [9.17, 15) is 9.59 Å². The Morgan fingerprint density at radius 3 is 0.977 bits per heavy atom. The minimum atomic E-state index is -1.32. The summed E-state index contributed by atoms with van der Waals surface area (Å²) in [6.45, 7) is 3.65. The zero-order valence-corrected chi connectivity index (χ0v) is 49.0. The van der Waals surface area contributed by atoms with E-state index in [4.69, 9.17) is 66.3 Å². The first kappa shape index (κ1) is 62.6. The fraction of sp³-hybridized carbons (Fsp3) is 0.352. The Morgan fingerprint density at radius 2 is 0.621 bits per heavy atom. The highest BCUT2D eigenvalue weighted by Crippen LogP contribution is 2.36. The van der Waals surface area contributed by atoms with Crippen molar-refractivity contribution < 1.29 is 75.9 Å². The molecule has 7 aromatic rings. The van der Waals surface area contributed by atoms with Gasteiger partial charge < -0.3 is 66.3 Å². The highest BCUT2D eigenvalue weighted by Gasteiger charge is 2.54. The Morgan fingerprint density at radius 1 is 0.322 bits per heavy atom. The SMILES string of the molecule is CC(=O)O[C@H]1[C@@H](OC[C@H]2O[C@H](OC[C@H]3OC=C[C@@H](OCc4ccccc4)[C@@H]3OCc3ccccc3)[C@H](OC(C)=O)[C@@H](OCc3ccccc3)[C@@H]2OCc2ccccc2)O[C@H](COCc2ccccc2)[C@@H](OCc2ccccc2)[C@@H]1OCc1ccccc1. The predicted molar refractivity (Wildman–Crippen MR) is 321 cm³/mol. The monoisotopic (exact) mass is 1180 g/mol. The standard InChI is InChI=1S/C71H76O16/c1-50(72)84-68-66(80-45-57-34-20-8-21-35-57)64(78-43-55-30-16-6-17-31-55)61(47-74-40-52-24-10-3-11-25-52)86-71(68)83-49-62-65(79-44-56-32-18-7-19-33-56)67(81-46-58-36-22-9-23-37-58)69(85-51(2)73)70(87-62)82-48-60-63(77-42-54-28-14-5-15-29-54)59(38-39-75-60)76-41-53-26-12-4-13-27-53/h3-39,59-71H,40-49H2,1-2H3/t59-,60-,61-,62-,63+,64-,65-,66+,67+,68-,69-,70+,71+/m1/s1. The summed E-state index contributed by atoms with van der Waals surface area (Å²) in [6, 6.07) is 68.3. The van der Waals surface area contributed by atoms with Crippen molar-refractivity contribution in [2.75, 3.05) is 19.8 Å². The van der Waals surface area contributed by atoms with Gasteiger partial charge in [-0.25, -0.2) is 0 Å². The average molecular weight is 1190 g/mol. The van der Waals surface area contributed by atoms with E-state index < -0.39 is 91.7 Å². The van der Waals surface area contributed by atoms with Crippen LogP contribution in [-0.4, -0.2) is 111 Å². The molecule has 13 atom stereocenters. The van der Waals surface area contributed by atoms with Crippen LogP contribution in [0.15, 0.2) is 225 Å². The molecule has 0 aliphatic carbocycles. The summed E-state index contributed by atoms with van der Waals surface area (Å²) in [4.78, 5) is 26.8. The number of esters is 2. The number of benzene rings is 7. The van der Waals surface area contributed by atoms with Gasteiger partial charge in [0.2, 0.25) is 0 Å². The van der Waals surface area contributed by atoms with Gasteiger partial charge in [0.15, 0.2) is 30.9 Å². The maximum Gasteiger partial charge on any atom is 0.303 e. The zero-order chi connectivity index (χ0) is 59.8. The van der Waals surface area contributed by atoms with Crippen molar-refractivity contribution in [2.24, 2.45) is 0 Å². The molecule has 2 saturated heterocycles. The van der Waals surface area contributed by atoms with Crippen LogP contribution in [0.3, 0.4) is 0 Å². The summed E-state index contributed by atoms with van der Waals surface area (Å²) in [7, 11) is 0. The van der Waals surface area contributed by atoms with Crippen molar-refractivity contribution in [1.82, 2.24) is 0 Å². The molecule has 3 aliphatic rings. The van der Waals surface area contributed by atoms with Crippen LogP contribution in [0, 0.1) is 0 Å². The van der Waals surface area contributed by atoms with E-state index in [1.807, 2.05) is 218 Å². The van der Waals surface area contributed by atoms with Gasteiger partial charge >= 0.3 is 11.9 Å². The summed E-state index contributed by atoms with van der Waals surface area (Å²) in [5, 5.41) is 0. The predicted octanol–water partition coefficient (Wildman–Crippen LogP) is 11.0.